The van der Waals surface area contributed by atoms with E-state index in [9.17, 15) is 4.79 Å². The number of alkyl halides is 2. The van der Waals surface area contributed by atoms with E-state index in [1.807, 2.05) is 11.4 Å². The SMILES string of the molecule is COC(=O)C1N=COC1(c1cccs1)C(Cl)Cl. The van der Waals surface area contributed by atoms with Gasteiger partial charge in [0.25, 0.3) is 0 Å². The van der Waals surface area contributed by atoms with Crippen LogP contribution in [0.5, 0.6) is 0 Å². The van der Waals surface area contributed by atoms with Crippen molar-refractivity contribution in [3.8, 4) is 0 Å². The first-order valence-electron chi connectivity index (χ1n) is 4.72. The molecule has 0 amide bonds. The summed E-state index contributed by atoms with van der Waals surface area (Å²) >= 11 is 13.4. The van der Waals surface area contributed by atoms with Gasteiger partial charge in [-0.05, 0) is 11.4 Å². The average molecular weight is 294 g/mol. The number of esters is 1. The minimum atomic E-state index is -1.19. The molecule has 1 aliphatic heterocycles. The van der Waals surface area contributed by atoms with Gasteiger partial charge in [0.1, 0.15) is 0 Å². The fourth-order valence-electron chi connectivity index (χ4n) is 1.67. The van der Waals surface area contributed by atoms with Crippen molar-refractivity contribution in [3.63, 3.8) is 0 Å². The van der Waals surface area contributed by atoms with Crippen molar-refractivity contribution < 1.29 is 14.3 Å². The van der Waals surface area contributed by atoms with Crippen LogP contribution in [0.1, 0.15) is 4.88 Å². The minimum absolute atomic E-state index is 0.529. The summed E-state index contributed by atoms with van der Waals surface area (Å²) < 4.78 is 10.1. The molecule has 0 fully saturated rings. The first kappa shape index (κ1) is 12.7. The van der Waals surface area contributed by atoms with Crippen LogP contribution in [-0.4, -0.2) is 30.4 Å². The molecule has 2 atom stereocenters. The van der Waals surface area contributed by atoms with Gasteiger partial charge in [-0.2, -0.15) is 0 Å². The zero-order valence-corrected chi connectivity index (χ0v) is 11.1. The molecule has 4 nitrogen and oxygen atoms in total. The van der Waals surface area contributed by atoms with Gasteiger partial charge in [0.2, 0.25) is 5.60 Å². The van der Waals surface area contributed by atoms with Crippen LogP contribution in [0.4, 0.5) is 0 Å². The topological polar surface area (TPSA) is 47.9 Å². The van der Waals surface area contributed by atoms with Crippen molar-refractivity contribution >= 4 is 46.9 Å². The van der Waals surface area contributed by atoms with Gasteiger partial charge in [-0.25, -0.2) is 9.79 Å². The van der Waals surface area contributed by atoms with E-state index in [0.717, 1.165) is 4.88 Å². The van der Waals surface area contributed by atoms with Crippen molar-refractivity contribution in [1.29, 1.82) is 0 Å². The second-order valence-corrected chi connectivity index (χ2v) is 5.41. The van der Waals surface area contributed by atoms with Crippen molar-refractivity contribution in [2.75, 3.05) is 7.11 Å². The highest BCUT2D eigenvalue weighted by Gasteiger charge is 2.55. The quantitative estimate of drug-likeness (QED) is 0.635. The van der Waals surface area contributed by atoms with Gasteiger partial charge in [0.15, 0.2) is 17.3 Å². The molecule has 0 radical (unpaired) electrons. The van der Waals surface area contributed by atoms with Crippen molar-refractivity contribution in [2.24, 2.45) is 4.99 Å². The number of hydrogen-bond donors (Lipinski definition) is 0. The maximum absolute atomic E-state index is 11.7. The second-order valence-electron chi connectivity index (χ2n) is 3.37. The third kappa shape index (κ3) is 1.92. The molecule has 1 aromatic heterocycles. The van der Waals surface area contributed by atoms with Crippen LogP contribution in [-0.2, 0) is 19.9 Å². The third-order valence-electron chi connectivity index (χ3n) is 2.52. The first-order chi connectivity index (χ1) is 8.13. The molecule has 0 bridgehead atoms. The van der Waals surface area contributed by atoms with Crippen molar-refractivity contribution in [1.82, 2.24) is 0 Å². The predicted molar refractivity (Wildman–Crippen MR) is 66.9 cm³/mol. The molecule has 2 heterocycles. The predicted octanol–water partition coefficient (Wildman–Crippen LogP) is 2.35. The van der Waals surface area contributed by atoms with Crippen LogP contribution in [0, 0.1) is 0 Å². The van der Waals surface area contributed by atoms with E-state index in [-0.39, 0.29) is 0 Å². The number of halogens is 2. The molecule has 92 valence electrons. The van der Waals surface area contributed by atoms with Gasteiger partial charge >= 0.3 is 5.97 Å². The summed E-state index contributed by atoms with van der Waals surface area (Å²) in [5, 5.41) is 1.85. The number of carbonyl (C=O) groups is 1. The number of methoxy groups -OCH3 is 1. The molecule has 17 heavy (non-hydrogen) atoms. The molecular weight excluding hydrogens is 285 g/mol. The van der Waals surface area contributed by atoms with Gasteiger partial charge in [-0.15, -0.1) is 34.5 Å². The largest absolute Gasteiger partial charge is 0.467 e. The van der Waals surface area contributed by atoms with E-state index in [2.05, 4.69) is 4.99 Å². The van der Waals surface area contributed by atoms with Gasteiger partial charge in [-0.3, -0.25) is 0 Å². The van der Waals surface area contributed by atoms with E-state index in [4.69, 9.17) is 32.7 Å². The Morgan fingerprint density at radius 1 is 1.71 bits per heavy atom. The molecule has 2 unspecified atom stereocenters. The van der Waals surface area contributed by atoms with E-state index in [1.165, 1.54) is 24.8 Å². The summed E-state index contributed by atoms with van der Waals surface area (Å²) in [6.45, 7) is 0. The Morgan fingerprint density at radius 2 is 2.47 bits per heavy atom. The summed E-state index contributed by atoms with van der Waals surface area (Å²) in [6.07, 6.45) is 1.19. The number of ether oxygens (including phenoxy) is 2. The van der Waals surface area contributed by atoms with Gasteiger partial charge in [-0.1, -0.05) is 6.07 Å². The summed E-state index contributed by atoms with van der Waals surface area (Å²) in [4.78, 5) is 15.5. The molecule has 0 N–H and O–H groups in total. The Morgan fingerprint density at radius 3 is 3.00 bits per heavy atom. The standard InChI is InChI=1S/C10H9Cl2NO3S/c1-15-8(14)7-10(9(11)12,16-5-13-7)6-3-2-4-17-6/h2-5,7,9H,1H3. The van der Waals surface area contributed by atoms with Gasteiger partial charge in [0, 0.05) is 0 Å². The normalized spacial score (nSPS) is 27.2. The molecule has 0 aromatic carbocycles. The Hall–Kier alpha value is -0.780. The highest BCUT2D eigenvalue weighted by molar-refractivity contribution is 7.10. The molecule has 7 heteroatoms. The maximum atomic E-state index is 11.7. The number of carbonyl (C=O) groups excluding carboxylic acids is 1. The van der Waals surface area contributed by atoms with E-state index < -0.39 is 22.4 Å². The zero-order valence-electron chi connectivity index (χ0n) is 8.80. The lowest BCUT2D eigenvalue weighted by Gasteiger charge is -2.31. The minimum Gasteiger partial charge on any atom is -0.467 e. The summed E-state index contributed by atoms with van der Waals surface area (Å²) in [5.74, 6) is -0.529. The van der Waals surface area contributed by atoms with E-state index in [1.54, 1.807) is 6.07 Å². The highest BCUT2D eigenvalue weighted by Crippen LogP contribution is 2.44. The molecule has 2 rings (SSSR count). The van der Waals surface area contributed by atoms with Crippen molar-refractivity contribution in [2.45, 2.75) is 16.5 Å². The van der Waals surface area contributed by atoms with Crippen LogP contribution < -0.4 is 0 Å². The summed E-state index contributed by atoms with van der Waals surface area (Å²) in [6, 6.07) is 2.74. The van der Waals surface area contributed by atoms with Crippen LogP contribution in [0.2, 0.25) is 0 Å². The fraction of sp³-hybridized carbons (Fsp3) is 0.400. The molecular formula is C10H9Cl2NO3S. The molecule has 0 saturated heterocycles. The lowest BCUT2D eigenvalue weighted by atomic mass is 9.95. The van der Waals surface area contributed by atoms with E-state index >= 15 is 0 Å². The van der Waals surface area contributed by atoms with Crippen LogP contribution >= 0.6 is 34.5 Å². The second kappa shape index (κ2) is 4.84. The first-order valence-corrected chi connectivity index (χ1v) is 6.47. The Labute approximate surface area is 112 Å². The molecule has 0 spiro atoms. The number of thiophene rings is 1. The van der Waals surface area contributed by atoms with Crippen LogP contribution in [0.3, 0.4) is 0 Å². The molecule has 0 saturated carbocycles. The van der Waals surface area contributed by atoms with Gasteiger partial charge < -0.3 is 9.47 Å². The number of nitrogens with zero attached hydrogens (tertiary/aromatic N) is 1. The summed E-state index contributed by atoms with van der Waals surface area (Å²) in [7, 11) is 1.28. The van der Waals surface area contributed by atoms with Crippen LogP contribution in [0.15, 0.2) is 22.5 Å². The van der Waals surface area contributed by atoms with Crippen LogP contribution in [0.25, 0.3) is 0 Å². The highest BCUT2D eigenvalue weighted by atomic mass is 35.5. The number of hydrogen-bond acceptors (Lipinski definition) is 5. The third-order valence-corrected chi connectivity index (χ3v) is 4.17. The molecule has 1 aliphatic rings. The Kier molecular flexibility index (Phi) is 3.61. The smallest absolute Gasteiger partial charge is 0.335 e. The lowest BCUT2D eigenvalue weighted by Crippen LogP contribution is -2.46. The number of aliphatic imine (C=N–C) groups is 1. The Balaban J connectivity index is 2.45. The summed E-state index contributed by atoms with van der Waals surface area (Å²) in [5.41, 5.74) is -1.19. The van der Waals surface area contributed by atoms with E-state index in [0.29, 0.717) is 0 Å². The number of rotatable bonds is 3. The van der Waals surface area contributed by atoms with Crippen molar-refractivity contribution in [3.05, 3.63) is 22.4 Å². The molecule has 1 aromatic rings. The maximum Gasteiger partial charge on any atom is 0.335 e. The zero-order chi connectivity index (χ0) is 12.5. The Bertz CT molecular complexity index is 435. The molecule has 0 aliphatic carbocycles. The average Bonchev–Trinajstić information content (AvgIpc) is 2.96. The van der Waals surface area contributed by atoms with Gasteiger partial charge in [0.05, 0.1) is 12.0 Å². The fourth-order valence-corrected chi connectivity index (χ4v) is 3.30. The monoisotopic (exact) mass is 293 g/mol. The lowest BCUT2D eigenvalue weighted by molar-refractivity contribution is -0.146.